The summed E-state index contributed by atoms with van der Waals surface area (Å²) in [6.07, 6.45) is 1.32. The van der Waals surface area contributed by atoms with Crippen molar-refractivity contribution in [1.29, 1.82) is 0 Å². The van der Waals surface area contributed by atoms with Gasteiger partial charge in [0.15, 0.2) is 0 Å². The Kier molecular flexibility index (Phi) is 7.15. The lowest BCUT2D eigenvalue weighted by atomic mass is 10.0. The molecule has 0 saturated carbocycles. The van der Waals surface area contributed by atoms with Crippen LogP contribution in [0.1, 0.15) is 43.7 Å². The van der Waals surface area contributed by atoms with Gasteiger partial charge in [-0.1, -0.05) is 25.4 Å². The third-order valence-corrected chi connectivity index (χ3v) is 4.37. The Hall–Kier alpha value is -0.810. The lowest BCUT2D eigenvalue weighted by Gasteiger charge is -2.24. The summed E-state index contributed by atoms with van der Waals surface area (Å²) in [5.41, 5.74) is 2.03. The summed E-state index contributed by atoms with van der Waals surface area (Å²) in [5, 5.41) is 10.8. The Morgan fingerprint density at radius 2 is 1.96 bits per heavy atom. The molecule has 0 aliphatic carbocycles. The van der Waals surface area contributed by atoms with E-state index in [2.05, 4.69) is 13.8 Å². The Bertz CT molecular complexity index is 498. The van der Waals surface area contributed by atoms with E-state index in [1.807, 2.05) is 19.1 Å². The number of aliphatic hydroxyl groups excluding tert-OH is 1. The highest BCUT2D eigenvalue weighted by atomic mass is 35.5. The highest BCUT2D eigenvalue weighted by Gasteiger charge is 2.17. The molecular weight excluding hydrogens is 316 g/mol. The standard InChI is InChI=1S/C18H27ClO4/c1-12(2)16-9-18(13(3)8-17(16)19)23-11-14(20)10-22-15-4-6-21-7-5-15/h8-9,12,14-15,20H,4-7,10-11H2,1-3H3. The maximum atomic E-state index is 10.1. The largest absolute Gasteiger partial charge is 0.491 e. The second-order valence-electron chi connectivity index (χ2n) is 6.40. The van der Waals surface area contributed by atoms with Crippen molar-refractivity contribution >= 4 is 11.6 Å². The van der Waals surface area contributed by atoms with Gasteiger partial charge in [-0.25, -0.2) is 0 Å². The van der Waals surface area contributed by atoms with Gasteiger partial charge in [-0.05, 0) is 48.9 Å². The molecule has 0 radical (unpaired) electrons. The zero-order valence-corrected chi connectivity index (χ0v) is 14.9. The van der Waals surface area contributed by atoms with E-state index in [0.717, 1.165) is 48.0 Å². The van der Waals surface area contributed by atoms with E-state index in [0.29, 0.717) is 5.92 Å². The third kappa shape index (κ3) is 5.64. The SMILES string of the molecule is Cc1cc(Cl)c(C(C)C)cc1OCC(O)COC1CCOCC1. The van der Waals surface area contributed by atoms with Crippen molar-refractivity contribution in [3.8, 4) is 5.75 Å². The molecule has 1 aromatic rings. The van der Waals surface area contributed by atoms with Gasteiger partial charge in [0.05, 0.1) is 12.7 Å². The highest BCUT2D eigenvalue weighted by Crippen LogP contribution is 2.31. The summed E-state index contributed by atoms with van der Waals surface area (Å²) < 4.78 is 16.8. The molecular formula is C18H27ClO4. The van der Waals surface area contributed by atoms with Gasteiger partial charge < -0.3 is 19.3 Å². The Morgan fingerprint density at radius 3 is 2.61 bits per heavy atom. The Labute approximate surface area is 143 Å². The molecule has 23 heavy (non-hydrogen) atoms. The quantitative estimate of drug-likeness (QED) is 0.820. The fourth-order valence-corrected chi connectivity index (χ4v) is 3.03. The van der Waals surface area contributed by atoms with Crippen LogP contribution in [-0.2, 0) is 9.47 Å². The predicted octanol–water partition coefficient (Wildman–Crippen LogP) is 3.71. The molecule has 1 heterocycles. The first kappa shape index (κ1) is 18.5. The van der Waals surface area contributed by atoms with Gasteiger partial charge in [-0.2, -0.15) is 0 Å². The van der Waals surface area contributed by atoms with Gasteiger partial charge in [0.25, 0.3) is 0 Å². The second-order valence-corrected chi connectivity index (χ2v) is 6.81. The summed E-state index contributed by atoms with van der Waals surface area (Å²) >= 11 is 6.26. The van der Waals surface area contributed by atoms with Crippen LogP contribution in [0.5, 0.6) is 5.75 Å². The normalized spacial score (nSPS) is 17.5. The second kappa shape index (κ2) is 8.88. The molecule has 5 heteroatoms. The lowest BCUT2D eigenvalue weighted by Crippen LogP contribution is -2.30. The number of benzene rings is 1. The molecule has 1 N–H and O–H groups in total. The third-order valence-electron chi connectivity index (χ3n) is 4.04. The van der Waals surface area contributed by atoms with Crippen molar-refractivity contribution in [1.82, 2.24) is 0 Å². The van der Waals surface area contributed by atoms with Crippen molar-refractivity contribution in [3.63, 3.8) is 0 Å². The number of hydrogen-bond acceptors (Lipinski definition) is 4. The zero-order chi connectivity index (χ0) is 16.8. The first-order valence-corrected chi connectivity index (χ1v) is 8.65. The molecule has 1 saturated heterocycles. The minimum atomic E-state index is -0.643. The smallest absolute Gasteiger partial charge is 0.122 e. The first-order valence-electron chi connectivity index (χ1n) is 8.27. The molecule has 1 aromatic carbocycles. The molecule has 1 unspecified atom stereocenters. The van der Waals surface area contributed by atoms with Crippen LogP contribution in [0.25, 0.3) is 0 Å². The van der Waals surface area contributed by atoms with Gasteiger partial charge in [0, 0.05) is 18.2 Å². The molecule has 0 amide bonds. The van der Waals surface area contributed by atoms with Gasteiger partial charge in [0.2, 0.25) is 0 Å². The van der Waals surface area contributed by atoms with Crippen LogP contribution in [-0.4, -0.2) is 43.7 Å². The maximum Gasteiger partial charge on any atom is 0.122 e. The molecule has 1 atom stereocenters. The minimum Gasteiger partial charge on any atom is -0.491 e. The van der Waals surface area contributed by atoms with Crippen molar-refractivity contribution in [3.05, 3.63) is 28.3 Å². The van der Waals surface area contributed by atoms with Gasteiger partial charge in [0.1, 0.15) is 18.5 Å². The van der Waals surface area contributed by atoms with Crippen LogP contribution in [0, 0.1) is 6.92 Å². The number of hydrogen-bond donors (Lipinski definition) is 1. The van der Waals surface area contributed by atoms with E-state index >= 15 is 0 Å². The molecule has 1 aliphatic rings. The topological polar surface area (TPSA) is 47.9 Å². The molecule has 0 spiro atoms. The molecule has 2 rings (SSSR count). The summed E-state index contributed by atoms with van der Waals surface area (Å²) in [6.45, 7) is 8.11. The molecule has 1 aliphatic heterocycles. The van der Waals surface area contributed by atoms with Crippen molar-refractivity contribution in [2.45, 2.75) is 51.7 Å². The van der Waals surface area contributed by atoms with E-state index in [9.17, 15) is 5.11 Å². The van der Waals surface area contributed by atoms with E-state index < -0.39 is 6.10 Å². The summed E-state index contributed by atoms with van der Waals surface area (Å²) in [4.78, 5) is 0. The van der Waals surface area contributed by atoms with Crippen LogP contribution in [0.3, 0.4) is 0 Å². The van der Waals surface area contributed by atoms with E-state index in [4.69, 9.17) is 25.8 Å². The molecule has 130 valence electrons. The molecule has 0 bridgehead atoms. The average Bonchev–Trinajstić information content (AvgIpc) is 2.52. The predicted molar refractivity (Wildman–Crippen MR) is 91.6 cm³/mol. The fourth-order valence-electron chi connectivity index (χ4n) is 2.59. The van der Waals surface area contributed by atoms with Gasteiger partial charge in [-0.3, -0.25) is 0 Å². The minimum absolute atomic E-state index is 0.184. The average molecular weight is 343 g/mol. The fraction of sp³-hybridized carbons (Fsp3) is 0.667. The van der Waals surface area contributed by atoms with Gasteiger partial charge in [-0.15, -0.1) is 0 Å². The number of ether oxygens (including phenoxy) is 3. The number of halogens is 1. The van der Waals surface area contributed by atoms with Crippen LogP contribution in [0.15, 0.2) is 12.1 Å². The molecule has 1 fully saturated rings. The molecule has 4 nitrogen and oxygen atoms in total. The summed E-state index contributed by atoms with van der Waals surface area (Å²) in [5.74, 6) is 1.09. The van der Waals surface area contributed by atoms with Crippen LogP contribution in [0.4, 0.5) is 0 Å². The Balaban J connectivity index is 1.83. The summed E-state index contributed by atoms with van der Waals surface area (Å²) in [6, 6.07) is 3.88. The van der Waals surface area contributed by atoms with Crippen LogP contribution >= 0.6 is 11.6 Å². The highest BCUT2D eigenvalue weighted by molar-refractivity contribution is 6.31. The first-order chi connectivity index (χ1) is 11.0. The number of aryl methyl sites for hydroxylation is 1. The maximum absolute atomic E-state index is 10.1. The van der Waals surface area contributed by atoms with Crippen molar-refractivity contribution in [2.24, 2.45) is 0 Å². The van der Waals surface area contributed by atoms with E-state index in [-0.39, 0.29) is 19.3 Å². The molecule has 0 aromatic heterocycles. The Morgan fingerprint density at radius 1 is 1.26 bits per heavy atom. The zero-order valence-electron chi connectivity index (χ0n) is 14.2. The monoisotopic (exact) mass is 342 g/mol. The van der Waals surface area contributed by atoms with E-state index in [1.54, 1.807) is 0 Å². The van der Waals surface area contributed by atoms with Gasteiger partial charge >= 0.3 is 0 Å². The number of rotatable bonds is 7. The lowest BCUT2D eigenvalue weighted by molar-refractivity contribution is -0.0659. The number of aliphatic hydroxyl groups is 1. The summed E-state index contributed by atoms with van der Waals surface area (Å²) in [7, 11) is 0. The van der Waals surface area contributed by atoms with Crippen LogP contribution in [0.2, 0.25) is 5.02 Å². The van der Waals surface area contributed by atoms with Crippen LogP contribution < -0.4 is 4.74 Å². The van der Waals surface area contributed by atoms with Crippen molar-refractivity contribution < 1.29 is 19.3 Å². The van der Waals surface area contributed by atoms with E-state index in [1.165, 1.54) is 0 Å². The van der Waals surface area contributed by atoms with Crippen molar-refractivity contribution in [2.75, 3.05) is 26.4 Å².